The van der Waals surface area contributed by atoms with Crippen LogP contribution in [0.2, 0.25) is 0 Å². The molecule has 22 heavy (non-hydrogen) atoms. The summed E-state index contributed by atoms with van der Waals surface area (Å²) >= 11 is 0. The average Bonchev–Trinajstić information content (AvgIpc) is 2.88. The molecule has 116 valence electrons. The lowest BCUT2D eigenvalue weighted by Crippen LogP contribution is -2.52. The van der Waals surface area contributed by atoms with Crippen LogP contribution in [0.5, 0.6) is 11.5 Å². The van der Waals surface area contributed by atoms with Gasteiger partial charge in [-0.05, 0) is 13.0 Å². The zero-order valence-electron chi connectivity index (χ0n) is 11.5. The number of amides is 2. The molecular weight excluding hydrogens is 292 g/mol. The molecule has 4 atom stereocenters. The van der Waals surface area contributed by atoms with Crippen LogP contribution in [0.25, 0.3) is 0 Å². The number of carbonyl (C=O) groups excluding carboxylic acids is 2. The fourth-order valence-corrected chi connectivity index (χ4v) is 3.33. The average molecular weight is 306 g/mol. The van der Waals surface area contributed by atoms with E-state index >= 15 is 0 Å². The minimum Gasteiger partial charge on any atom is -0.508 e. The summed E-state index contributed by atoms with van der Waals surface area (Å²) in [4.78, 5) is 35.6. The van der Waals surface area contributed by atoms with Crippen LogP contribution in [-0.4, -0.2) is 38.6 Å². The highest BCUT2D eigenvalue weighted by Crippen LogP contribution is 2.48. The number of hydrogen-bond acceptors (Lipinski definition) is 6. The van der Waals surface area contributed by atoms with E-state index in [2.05, 4.69) is 10.6 Å². The highest BCUT2D eigenvalue weighted by Gasteiger charge is 2.64. The Morgan fingerprint density at radius 2 is 1.91 bits per heavy atom. The van der Waals surface area contributed by atoms with Crippen molar-refractivity contribution in [3.8, 4) is 11.5 Å². The molecule has 2 aliphatic rings. The van der Waals surface area contributed by atoms with Gasteiger partial charge < -0.3 is 15.3 Å². The number of benzene rings is 1. The molecule has 2 saturated heterocycles. The van der Waals surface area contributed by atoms with Crippen molar-refractivity contribution in [3.63, 3.8) is 0 Å². The molecule has 5 N–H and O–H groups in total. The number of carboxylic acids is 1. The second-order valence-corrected chi connectivity index (χ2v) is 5.73. The number of carbonyl (C=O) groups is 3. The first kappa shape index (κ1) is 14.3. The zero-order chi connectivity index (χ0) is 16.2. The first-order valence-electron chi connectivity index (χ1n) is 6.63. The van der Waals surface area contributed by atoms with Crippen LogP contribution in [0.3, 0.4) is 0 Å². The molecule has 0 unspecified atom stereocenters. The number of fused-ring (bicyclic) bond motifs is 1. The summed E-state index contributed by atoms with van der Waals surface area (Å²) in [5.41, 5.74) is -1.38. The molecule has 0 bridgehead atoms. The van der Waals surface area contributed by atoms with E-state index in [4.69, 9.17) is 0 Å². The third-order valence-electron chi connectivity index (χ3n) is 4.42. The molecule has 0 aromatic heterocycles. The van der Waals surface area contributed by atoms with Crippen molar-refractivity contribution in [2.45, 2.75) is 18.5 Å². The van der Waals surface area contributed by atoms with E-state index in [9.17, 15) is 29.7 Å². The molecule has 3 rings (SSSR count). The number of carboxylic acid groups (broad SMARTS) is 1. The summed E-state index contributed by atoms with van der Waals surface area (Å²) in [5.74, 6) is -4.94. The predicted molar refractivity (Wildman–Crippen MR) is 71.8 cm³/mol. The first-order chi connectivity index (χ1) is 10.3. The van der Waals surface area contributed by atoms with Gasteiger partial charge in [0.1, 0.15) is 17.0 Å². The SMILES string of the molecule is C[C@]1(C(=O)O)N[C@H](c2ccc(O)cc2O)[C@H]2C(=O)NC(=O)[C@H]21. The minimum absolute atomic E-state index is 0.163. The van der Waals surface area contributed by atoms with Crippen molar-refractivity contribution < 1.29 is 29.7 Å². The Morgan fingerprint density at radius 3 is 2.50 bits per heavy atom. The Labute approximate surface area is 124 Å². The summed E-state index contributed by atoms with van der Waals surface area (Å²) in [7, 11) is 0. The smallest absolute Gasteiger partial charge is 0.324 e. The van der Waals surface area contributed by atoms with Gasteiger partial charge >= 0.3 is 5.97 Å². The Balaban J connectivity index is 2.11. The molecule has 0 spiro atoms. The Bertz CT molecular complexity index is 703. The predicted octanol–water partition coefficient (Wildman–Crippen LogP) is -0.526. The van der Waals surface area contributed by atoms with Crippen molar-refractivity contribution in [1.82, 2.24) is 10.6 Å². The standard InChI is InChI=1S/C14H14N2O6/c1-14(13(21)22)9-8(11(19)15-12(9)20)10(16-14)6-3-2-5(17)4-7(6)18/h2-4,8-10,16-18H,1H3,(H,21,22)(H,15,19,20)/t8-,9-,10+,14-/m0/s1. The quantitative estimate of drug-likeness (QED) is 0.463. The maximum Gasteiger partial charge on any atom is 0.324 e. The second-order valence-electron chi connectivity index (χ2n) is 5.73. The second kappa shape index (κ2) is 4.44. The molecule has 1 aromatic carbocycles. The highest BCUT2D eigenvalue weighted by atomic mass is 16.4. The van der Waals surface area contributed by atoms with Gasteiger partial charge in [0.15, 0.2) is 0 Å². The number of phenolic OH excluding ortho intramolecular Hbond substituents is 2. The number of aliphatic carboxylic acids is 1. The number of phenols is 2. The van der Waals surface area contributed by atoms with Gasteiger partial charge in [-0.2, -0.15) is 0 Å². The van der Waals surface area contributed by atoms with E-state index < -0.39 is 41.2 Å². The van der Waals surface area contributed by atoms with Crippen LogP contribution >= 0.6 is 0 Å². The molecular formula is C14H14N2O6. The van der Waals surface area contributed by atoms with Gasteiger partial charge in [-0.1, -0.05) is 6.07 Å². The third kappa shape index (κ3) is 1.77. The fourth-order valence-electron chi connectivity index (χ4n) is 3.33. The summed E-state index contributed by atoms with van der Waals surface area (Å²) in [6, 6.07) is 2.95. The van der Waals surface area contributed by atoms with Crippen LogP contribution in [0.1, 0.15) is 18.5 Å². The number of nitrogens with one attached hydrogen (secondary N) is 2. The molecule has 2 aliphatic heterocycles. The van der Waals surface area contributed by atoms with Gasteiger partial charge in [-0.15, -0.1) is 0 Å². The van der Waals surface area contributed by atoms with Gasteiger partial charge in [0, 0.05) is 17.7 Å². The Hall–Kier alpha value is -2.61. The number of hydrogen-bond donors (Lipinski definition) is 5. The largest absolute Gasteiger partial charge is 0.508 e. The maximum atomic E-state index is 12.0. The van der Waals surface area contributed by atoms with E-state index in [0.29, 0.717) is 0 Å². The summed E-state index contributed by atoms with van der Waals surface area (Å²) in [6.45, 7) is 1.34. The number of imide groups is 1. The van der Waals surface area contributed by atoms with Crippen LogP contribution in [0.15, 0.2) is 18.2 Å². The van der Waals surface area contributed by atoms with Crippen molar-refractivity contribution in [1.29, 1.82) is 0 Å². The van der Waals surface area contributed by atoms with Crippen molar-refractivity contribution in [3.05, 3.63) is 23.8 Å². The van der Waals surface area contributed by atoms with E-state index in [1.165, 1.54) is 19.1 Å². The lowest BCUT2D eigenvalue weighted by molar-refractivity contribution is -0.148. The van der Waals surface area contributed by atoms with E-state index in [1.807, 2.05) is 0 Å². The van der Waals surface area contributed by atoms with E-state index in [0.717, 1.165) is 6.07 Å². The molecule has 2 fully saturated rings. The van der Waals surface area contributed by atoms with Gasteiger partial charge in [0.2, 0.25) is 11.8 Å². The normalized spacial score (nSPS) is 33.6. The lowest BCUT2D eigenvalue weighted by Gasteiger charge is -2.25. The maximum absolute atomic E-state index is 12.0. The summed E-state index contributed by atoms with van der Waals surface area (Å²) in [6.07, 6.45) is 0. The van der Waals surface area contributed by atoms with Crippen LogP contribution in [-0.2, 0) is 14.4 Å². The van der Waals surface area contributed by atoms with Gasteiger partial charge in [-0.3, -0.25) is 25.0 Å². The molecule has 8 heteroatoms. The highest BCUT2D eigenvalue weighted by molar-refractivity contribution is 6.09. The minimum atomic E-state index is -1.63. The molecule has 1 aromatic rings. The molecule has 8 nitrogen and oxygen atoms in total. The molecule has 2 amide bonds. The molecule has 0 radical (unpaired) electrons. The monoisotopic (exact) mass is 306 g/mol. The van der Waals surface area contributed by atoms with Gasteiger partial charge in [0.25, 0.3) is 0 Å². The van der Waals surface area contributed by atoms with Gasteiger partial charge in [0.05, 0.1) is 11.8 Å². The van der Waals surface area contributed by atoms with E-state index in [1.54, 1.807) is 0 Å². The van der Waals surface area contributed by atoms with E-state index in [-0.39, 0.29) is 17.1 Å². The van der Waals surface area contributed by atoms with Gasteiger partial charge in [-0.25, -0.2) is 0 Å². The Morgan fingerprint density at radius 1 is 1.23 bits per heavy atom. The van der Waals surface area contributed by atoms with Crippen molar-refractivity contribution in [2.24, 2.45) is 11.8 Å². The van der Waals surface area contributed by atoms with Crippen LogP contribution < -0.4 is 10.6 Å². The fraction of sp³-hybridized carbons (Fsp3) is 0.357. The van der Waals surface area contributed by atoms with Crippen LogP contribution in [0.4, 0.5) is 0 Å². The topological polar surface area (TPSA) is 136 Å². The molecule has 0 saturated carbocycles. The molecule has 0 aliphatic carbocycles. The Kier molecular flexibility index (Phi) is 2.89. The third-order valence-corrected chi connectivity index (χ3v) is 4.42. The van der Waals surface area contributed by atoms with Crippen molar-refractivity contribution >= 4 is 17.8 Å². The zero-order valence-corrected chi connectivity index (χ0v) is 11.5. The summed E-state index contributed by atoms with van der Waals surface area (Å²) < 4.78 is 0. The lowest BCUT2D eigenvalue weighted by atomic mass is 9.80. The number of rotatable bonds is 2. The first-order valence-corrected chi connectivity index (χ1v) is 6.63. The van der Waals surface area contributed by atoms with Crippen molar-refractivity contribution in [2.75, 3.05) is 0 Å². The number of aromatic hydroxyl groups is 2. The molecule has 2 heterocycles. The van der Waals surface area contributed by atoms with Crippen LogP contribution in [0, 0.1) is 11.8 Å². The summed E-state index contributed by atoms with van der Waals surface area (Å²) in [5, 5.41) is 33.7.